The van der Waals surface area contributed by atoms with Crippen molar-refractivity contribution in [2.45, 2.75) is 20.0 Å². The minimum absolute atomic E-state index is 0.0618. The molecule has 26 heavy (non-hydrogen) atoms. The van der Waals surface area contributed by atoms with Crippen molar-refractivity contribution in [2.24, 2.45) is 0 Å². The van der Waals surface area contributed by atoms with Gasteiger partial charge >= 0.3 is 0 Å². The lowest BCUT2D eigenvalue weighted by atomic mass is 10.1. The molecule has 0 aliphatic carbocycles. The van der Waals surface area contributed by atoms with Gasteiger partial charge < -0.3 is 4.74 Å². The summed E-state index contributed by atoms with van der Waals surface area (Å²) < 4.78 is 5.87. The number of hydrogen-bond acceptors (Lipinski definition) is 2. The molecule has 0 fully saturated rings. The molecule has 0 spiro atoms. The Balaban J connectivity index is 1.71. The van der Waals surface area contributed by atoms with Gasteiger partial charge in [0.2, 0.25) is 0 Å². The molecule has 2 nitrogen and oxygen atoms in total. The Labute approximate surface area is 154 Å². The van der Waals surface area contributed by atoms with Gasteiger partial charge in [-0.2, -0.15) is 0 Å². The van der Waals surface area contributed by atoms with E-state index in [1.165, 1.54) is 5.56 Å². The Kier molecular flexibility index (Phi) is 6.00. The lowest BCUT2D eigenvalue weighted by Gasteiger charge is -2.09. The fraction of sp³-hybridized carbons (Fsp3) is 0.125. The zero-order chi connectivity index (χ0) is 18.2. The van der Waals surface area contributed by atoms with Gasteiger partial charge in [0.15, 0.2) is 5.78 Å². The molecule has 130 valence electrons. The molecular weight excluding hydrogens is 320 g/mol. The summed E-state index contributed by atoms with van der Waals surface area (Å²) in [6, 6.07) is 25.5. The van der Waals surface area contributed by atoms with Gasteiger partial charge in [-0.25, -0.2) is 0 Å². The number of aryl methyl sites for hydroxylation is 1. The van der Waals surface area contributed by atoms with Crippen LogP contribution >= 0.6 is 0 Å². The van der Waals surface area contributed by atoms with E-state index in [1.54, 1.807) is 12.1 Å². The lowest BCUT2D eigenvalue weighted by Crippen LogP contribution is -2.02. The minimum Gasteiger partial charge on any atom is -0.488 e. The molecule has 0 radical (unpaired) electrons. The average Bonchev–Trinajstić information content (AvgIpc) is 2.72. The summed E-state index contributed by atoms with van der Waals surface area (Å²) in [5.41, 5.74) is 3.94. The number of carbonyl (C=O) groups is 1. The quantitative estimate of drug-likeness (QED) is 0.405. The van der Waals surface area contributed by atoms with Crippen LogP contribution in [0.3, 0.4) is 0 Å². The SMILES string of the molecule is CCc1ccc(/C=C/C(=O)c2ccccc2OCc2ccccc2)cc1. The molecule has 0 unspecified atom stereocenters. The van der Waals surface area contributed by atoms with Crippen LogP contribution in [-0.2, 0) is 13.0 Å². The molecular formula is C24H22O2. The lowest BCUT2D eigenvalue weighted by molar-refractivity contribution is 0.104. The van der Waals surface area contributed by atoms with E-state index in [2.05, 4.69) is 19.1 Å². The van der Waals surface area contributed by atoms with E-state index in [-0.39, 0.29) is 5.78 Å². The first-order chi connectivity index (χ1) is 12.8. The maximum absolute atomic E-state index is 12.6. The van der Waals surface area contributed by atoms with Crippen molar-refractivity contribution in [3.8, 4) is 5.75 Å². The Morgan fingerprint density at radius 1 is 0.846 bits per heavy atom. The largest absolute Gasteiger partial charge is 0.488 e. The highest BCUT2D eigenvalue weighted by atomic mass is 16.5. The van der Waals surface area contributed by atoms with Gasteiger partial charge in [0.05, 0.1) is 5.56 Å². The molecule has 0 heterocycles. The van der Waals surface area contributed by atoms with E-state index in [4.69, 9.17) is 4.74 Å². The molecule has 0 saturated heterocycles. The van der Waals surface area contributed by atoms with Crippen LogP contribution in [0.4, 0.5) is 0 Å². The van der Waals surface area contributed by atoms with Gasteiger partial charge in [0.1, 0.15) is 12.4 Å². The predicted octanol–water partition coefficient (Wildman–Crippen LogP) is 5.72. The van der Waals surface area contributed by atoms with Gasteiger partial charge in [-0.05, 0) is 41.3 Å². The highest BCUT2D eigenvalue weighted by Crippen LogP contribution is 2.21. The second-order valence-electron chi connectivity index (χ2n) is 6.06. The van der Waals surface area contributed by atoms with Crippen LogP contribution in [0.5, 0.6) is 5.75 Å². The predicted molar refractivity (Wildman–Crippen MR) is 106 cm³/mol. The molecule has 0 aliphatic rings. The number of hydrogen-bond donors (Lipinski definition) is 0. The van der Waals surface area contributed by atoms with Crippen LogP contribution in [0.2, 0.25) is 0 Å². The molecule has 0 bridgehead atoms. The Bertz CT molecular complexity index is 878. The molecule has 0 N–H and O–H groups in total. The molecule has 0 aromatic heterocycles. The summed E-state index contributed by atoms with van der Waals surface area (Å²) >= 11 is 0. The van der Waals surface area contributed by atoms with Crippen LogP contribution in [0, 0.1) is 0 Å². The van der Waals surface area contributed by atoms with E-state index < -0.39 is 0 Å². The number of para-hydroxylation sites is 1. The average molecular weight is 342 g/mol. The van der Waals surface area contributed by atoms with Crippen LogP contribution in [0.25, 0.3) is 6.08 Å². The van der Waals surface area contributed by atoms with Crippen molar-refractivity contribution >= 4 is 11.9 Å². The highest BCUT2D eigenvalue weighted by molar-refractivity contribution is 6.08. The fourth-order valence-electron chi connectivity index (χ4n) is 2.66. The van der Waals surface area contributed by atoms with Crippen molar-refractivity contribution in [3.63, 3.8) is 0 Å². The van der Waals surface area contributed by atoms with Crippen molar-refractivity contribution in [2.75, 3.05) is 0 Å². The number of ether oxygens (including phenoxy) is 1. The van der Waals surface area contributed by atoms with Gasteiger partial charge in [-0.3, -0.25) is 4.79 Å². The standard InChI is InChI=1S/C24H22O2/c1-2-19-12-14-20(15-13-19)16-17-23(25)22-10-6-7-11-24(22)26-18-21-8-4-3-5-9-21/h3-17H,2,18H2,1H3/b17-16+. The Morgan fingerprint density at radius 2 is 1.54 bits per heavy atom. The normalized spacial score (nSPS) is 10.8. The second kappa shape index (κ2) is 8.82. The van der Waals surface area contributed by atoms with Gasteiger partial charge in [0, 0.05) is 0 Å². The zero-order valence-electron chi connectivity index (χ0n) is 14.9. The molecule has 0 aliphatic heterocycles. The smallest absolute Gasteiger partial charge is 0.189 e. The highest BCUT2D eigenvalue weighted by Gasteiger charge is 2.09. The van der Waals surface area contributed by atoms with E-state index in [9.17, 15) is 4.79 Å². The van der Waals surface area contributed by atoms with Crippen LogP contribution in [0.15, 0.2) is 84.9 Å². The molecule has 2 heteroatoms. The van der Waals surface area contributed by atoms with Crippen molar-refractivity contribution < 1.29 is 9.53 Å². The number of ketones is 1. The van der Waals surface area contributed by atoms with E-state index in [0.29, 0.717) is 17.9 Å². The number of allylic oxidation sites excluding steroid dienone is 1. The molecule has 0 atom stereocenters. The van der Waals surface area contributed by atoms with Crippen LogP contribution < -0.4 is 4.74 Å². The molecule has 0 amide bonds. The molecule has 3 aromatic carbocycles. The molecule has 0 saturated carbocycles. The topological polar surface area (TPSA) is 26.3 Å². The fourth-order valence-corrected chi connectivity index (χ4v) is 2.66. The van der Waals surface area contributed by atoms with Crippen molar-refractivity contribution in [3.05, 3.63) is 107 Å². The monoisotopic (exact) mass is 342 g/mol. The van der Waals surface area contributed by atoms with Crippen LogP contribution in [-0.4, -0.2) is 5.78 Å². The van der Waals surface area contributed by atoms with E-state index >= 15 is 0 Å². The number of benzene rings is 3. The van der Waals surface area contributed by atoms with Crippen molar-refractivity contribution in [1.82, 2.24) is 0 Å². The third-order valence-electron chi connectivity index (χ3n) is 4.20. The van der Waals surface area contributed by atoms with Crippen LogP contribution in [0.1, 0.15) is 34.0 Å². The van der Waals surface area contributed by atoms with Gasteiger partial charge in [-0.1, -0.05) is 79.7 Å². The van der Waals surface area contributed by atoms with Crippen molar-refractivity contribution in [1.29, 1.82) is 0 Å². The first kappa shape index (κ1) is 17.7. The second-order valence-corrected chi connectivity index (χ2v) is 6.06. The summed E-state index contributed by atoms with van der Waals surface area (Å²) in [5, 5.41) is 0. The third-order valence-corrected chi connectivity index (χ3v) is 4.20. The summed E-state index contributed by atoms with van der Waals surface area (Å²) in [4.78, 5) is 12.6. The summed E-state index contributed by atoms with van der Waals surface area (Å²) in [6.07, 6.45) is 4.45. The van der Waals surface area contributed by atoms with E-state index in [0.717, 1.165) is 17.5 Å². The zero-order valence-corrected chi connectivity index (χ0v) is 14.9. The van der Waals surface area contributed by atoms with E-state index in [1.807, 2.05) is 66.7 Å². The maximum atomic E-state index is 12.6. The maximum Gasteiger partial charge on any atom is 0.189 e. The molecule has 3 rings (SSSR count). The first-order valence-corrected chi connectivity index (χ1v) is 8.83. The van der Waals surface area contributed by atoms with Gasteiger partial charge in [0.25, 0.3) is 0 Å². The van der Waals surface area contributed by atoms with Gasteiger partial charge in [-0.15, -0.1) is 0 Å². The third kappa shape index (κ3) is 4.70. The molecule has 3 aromatic rings. The Morgan fingerprint density at radius 3 is 2.27 bits per heavy atom. The summed E-state index contributed by atoms with van der Waals surface area (Å²) in [6.45, 7) is 2.56. The minimum atomic E-state index is -0.0618. The summed E-state index contributed by atoms with van der Waals surface area (Å²) in [7, 11) is 0. The Hall–Kier alpha value is -3.13. The first-order valence-electron chi connectivity index (χ1n) is 8.83. The summed E-state index contributed by atoms with van der Waals surface area (Å²) in [5.74, 6) is 0.542. The number of rotatable bonds is 7. The number of carbonyl (C=O) groups excluding carboxylic acids is 1.